The molecule has 2 aliphatic rings. The highest BCUT2D eigenvalue weighted by molar-refractivity contribution is 5.45. The zero-order chi connectivity index (χ0) is 14.8. The Hall–Kier alpha value is -1.30. The van der Waals surface area contributed by atoms with Crippen LogP contribution in [0.5, 0.6) is 11.5 Å². The summed E-state index contributed by atoms with van der Waals surface area (Å²) in [7, 11) is 4.33. The van der Waals surface area contributed by atoms with E-state index in [1.165, 1.54) is 18.4 Å². The molecule has 5 nitrogen and oxygen atoms in total. The Morgan fingerprint density at radius 1 is 1.24 bits per heavy atom. The topological polar surface area (TPSA) is 51.0 Å². The highest BCUT2D eigenvalue weighted by Crippen LogP contribution is 2.35. The molecule has 0 aliphatic carbocycles. The number of ether oxygens (including phenoxy) is 2. The fourth-order valence-corrected chi connectivity index (χ4v) is 3.33. The molecule has 2 N–H and O–H groups in total. The number of likely N-dealkylation sites (tertiary alicyclic amines) is 1. The zero-order valence-electron chi connectivity index (χ0n) is 12.9. The van der Waals surface area contributed by atoms with Gasteiger partial charge in [-0.3, -0.25) is 4.90 Å². The van der Waals surface area contributed by atoms with Crippen LogP contribution in [-0.2, 0) is 0 Å². The summed E-state index contributed by atoms with van der Waals surface area (Å²) in [5.74, 6) is 1.68. The fourth-order valence-electron chi connectivity index (χ4n) is 3.33. The first kappa shape index (κ1) is 14.6. The molecule has 116 valence electrons. The van der Waals surface area contributed by atoms with Crippen LogP contribution in [-0.4, -0.2) is 56.4 Å². The predicted octanol–water partition coefficient (Wildman–Crippen LogP) is 1.44. The molecule has 21 heavy (non-hydrogen) atoms. The molecule has 1 unspecified atom stereocenters. The average Bonchev–Trinajstić information content (AvgIpc) is 2.96. The van der Waals surface area contributed by atoms with Gasteiger partial charge in [0, 0.05) is 31.7 Å². The number of piperidine rings is 1. The van der Waals surface area contributed by atoms with E-state index in [1.54, 1.807) is 0 Å². The van der Waals surface area contributed by atoms with Crippen LogP contribution in [0.4, 0.5) is 0 Å². The number of benzene rings is 1. The number of rotatable bonds is 4. The maximum Gasteiger partial charge on any atom is 0.231 e. The Bertz CT molecular complexity index is 484. The molecule has 0 bridgehead atoms. The van der Waals surface area contributed by atoms with Crippen molar-refractivity contribution in [2.75, 3.05) is 40.5 Å². The molecule has 5 heteroatoms. The van der Waals surface area contributed by atoms with Gasteiger partial charge >= 0.3 is 0 Å². The molecule has 1 fully saturated rings. The van der Waals surface area contributed by atoms with Gasteiger partial charge in [0.05, 0.1) is 0 Å². The molecule has 1 saturated heterocycles. The van der Waals surface area contributed by atoms with Gasteiger partial charge in [0.15, 0.2) is 11.5 Å². The number of hydrogen-bond donors (Lipinski definition) is 1. The highest BCUT2D eigenvalue weighted by Gasteiger charge is 2.27. The lowest BCUT2D eigenvalue weighted by Gasteiger charge is -2.39. The number of fused-ring (bicyclic) bond motifs is 1. The van der Waals surface area contributed by atoms with Gasteiger partial charge in [0.2, 0.25) is 6.79 Å². The molecule has 2 aliphatic heterocycles. The molecule has 3 rings (SSSR count). The normalized spacial score (nSPS) is 21.0. The molecule has 0 saturated carbocycles. The van der Waals surface area contributed by atoms with Gasteiger partial charge in [-0.25, -0.2) is 0 Å². The minimum absolute atomic E-state index is 0.266. The second-order valence-corrected chi connectivity index (χ2v) is 6.09. The van der Waals surface area contributed by atoms with Crippen LogP contribution in [0, 0.1) is 0 Å². The smallest absolute Gasteiger partial charge is 0.231 e. The first-order valence-electron chi connectivity index (χ1n) is 7.69. The van der Waals surface area contributed by atoms with Crippen LogP contribution in [0.25, 0.3) is 0 Å². The summed E-state index contributed by atoms with van der Waals surface area (Å²) >= 11 is 0. The highest BCUT2D eigenvalue weighted by atomic mass is 16.7. The molecule has 1 atom stereocenters. The summed E-state index contributed by atoms with van der Waals surface area (Å²) in [6.07, 6.45) is 2.40. The van der Waals surface area contributed by atoms with Crippen molar-refractivity contribution in [2.24, 2.45) is 5.73 Å². The maximum absolute atomic E-state index is 6.05. The van der Waals surface area contributed by atoms with Gasteiger partial charge in [-0.15, -0.1) is 0 Å². The quantitative estimate of drug-likeness (QED) is 0.910. The summed E-state index contributed by atoms with van der Waals surface area (Å²) in [4.78, 5) is 4.83. The Morgan fingerprint density at radius 3 is 2.62 bits per heavy atom. The van der Waals surface area contributed by atoms with Crippen molar-refractivity contribution in [1.29, 1.82) is 0 Å². The molecule has 0 radical (unpaired) electrons. The molecule has 0 aromatic heterocycles. The summed E-state index contributed by atoms with van der Waals surface area (Å²) in [6, 6.07) is 7.15. The third kappa shape index (κ3) is 3.00. The average molecular weight is 291 g/mol. The van der Waals surface area contributed by atoms with Crippen LogP contribution >= 0.6 is 0 Å². The molecule has 1 aromatic rings. The van der Waals surface area contributed by atoms with Gasteiger partial charge in [0.25, 0.3) is 0 Å². The molecule has 1 aromatic carbocycles. The number of nitrogens with zero attached hydrogens (tertiary/aromatic N) is 2. The third-order valence-electron chi connectivity index (χ3n) is 4.67. The van der Waals surface area contributed by atoms with Gasteiger partial charge in [-0.05, 0) is 44.6 Å². The molecule has 0 amide bonds. The van der Waals surface area contributed by atoms with Crippen LogP contribution in [0.15, 0.2) is 18.2 Å². The van der Waals surface area contributed by atoms with Crippen molar-refractivity contribution in [3.8, 4) is 11.5 Å². The van der Waals surface area contributed by atoms with E-state index >= 15 is 0 Å². The number of hydrogen-bond acceptors (Lipinski definition) is 5. The standard InChI is InChI=1S/C16H25N3O2/c1-18(2)13-5-7-19(8-6-13)14(10-17)12-3-4-15-16(9-12)21-11-20-15/h3-4,9,13-14H,5-8,10-11,17H2,1-2H3. The van der Waals surface area contributed by atoms with Crippen LogP contribution in [0.2, 0.25) is 0 Å². The SMILES string of the molecule is CN(C)C1CCN(C(CN)c2ccc3c(c2)OCO3)CC1. The van der Waals surface area contributed by atoms with E-state index in [0.717, 1.165) is 24.6 Å². The van der Waals surface area contributed by atoms with Crippen molar-refractivity contribution < 1.29 is 9.47 Å². The Morgan fingerprint density at radius 2 is 1.95 bits per heavy atom. The van der Waals surface area contributed by atoms with Crippen molar-refractivity contribution in [1.82, 2.24) is 9.80 Å². The van der Waals surface area contributed by atoms with Gasteiger partial charge in [-0.1, -0.05) is 6.07 Å². The maximum atomic E-state index is 6.05. The van der Waals surface area contributed by atoms with Crippen LogP contribution < -0.4 is 15.2 Å². The van der Waals surface area contributed by atoms with E-state index in [4.69, 9.17) is 15.2 Å². The van der Waals surface area contributed by atoms with Gasteiger partial charge in [0.1, 0.15) is 0 Å². The first-order valence-corrected chi connectivity index (χ1v) is 7.69. The van der Waals surface area contributed by atoms with Crippen molar-refractivity contribution in [3.63, 3.8) is 0 Å². The van der Waals surface area contributed by atoms with Crippen molar-refractivity contribution >= 4 is 0 Å². The Labute approximate surface area is 126 Å². The number of nitrogens with two attached hydrogens (primary N) is 1. The Kier molecular flexibility index (Phi) is 4.33. The zero-order valence-corrected chi connectivity index (χ0v) is 12.9. The first-order chi connectivity index (χ1) is 10.2. The fraction of sp³-hybridized carbons (Fsp3) is 0.625. The van der Waals surface area contributed by atoms with Crippen LogP contribution in [0.3, 0.4) is 0 Å². The van der Waals surface area contributed by atoms with Crippen molar-refractivity contribution in [2.45, 2.75) is 24.9 Å². The monoisotopic (exact) mass is 291 g/mol. The van der Waals surface area contributed by atoms with E-state index in [2.05, 4.69) is 36.0 Å². The predicted molar refractivity (Wildman–Crippen MR) is 82.6 cm³/mol. The Balaban J connectivity index is 1.71. The van der Waals surface area contributed by atoms with E-state index in [0.29, 0.717) is 19.4 Å². The van der Waals surface area contributed by atoms with Gasteiger partial charge in [-0.2, -0.15) is 0 Å². The second kappa shape index (κ2) is 6.22. The summed E-state index contributed by atoms with van der Waals surface area (Å²) in [6.45, 7) is 3.14. The van der Waals surface area contributed by atoms with E-state index < -0.39 is 0 Å². The van der Waals surface area contributed by atoms with E-state index in [1.807, 2.05) is 6.07 Å². The largest absolute Gasteiger partial charge is 0.454 e. The van der Waals surface area contributed by atoms with Gasteiger partial charge < -0.3 is 20.1 Å². The lowest BCUT2D eigenvalue weighted by molar-refractivity contribution is 0.110. The minimum Gasteiger partial charge on any atom is -0.454 e. The van der Waals surface area contributed by atoms with Crippen LogP contribution in [0.1, 0.15) is 24.4 Å². The lowest BCUT2D eigenvalue weighted by atomic mass is 9.98. The van der Waals surface area contributed by atoms with Crippen molar-refractivity contribution in [3.05, 3.63) is 23.8 Å². The minimum atomic E-state index is 0.266. The third-order valence-corrected chi connectivity index (χ3v) is 4.67. The molecule has 2 heterocycles. The summed E-state index contributed by atoms with van der Waals surface area (Å²) in [5.41, 5.74) is 7.28. The molecular formula is C16H25N3O2. The summed E-state index contributed by atoms with van der Waals surface area (Å²) < 4.78 is 10.9. The lowest BCUT2D eigenvalue weighted by Crippen LogP contribution is -2.45. The van der Waals surface area contributed by atoms with E-state index in [9.17, 15) is 0 Å². The summed E-state index contributed by atoms with van der Waals surface area (Å²) in [5, 5.41) is 0. The second-order valence-electron chi connectivity index (χ2n) is 6.09. The molecule has 0 spiro atoms. The molecular weight excluding hydrogens is 266 g/mol. The van der Waals surface area contributed by atoms with E-state index in [-0.39, 0.29) is 6.04 Å².